The van der Waals surface area contributed by atoms with E-state index in [2.05, 4.69) is 6.92 Å². The van der Waals surface area contributed by atoms with Gasteiger partial charge in [-0.2, -0.15) is 0 Å². The molecule has 0 N–H and O–H groups in total. The van der Waals surface area contributed by atoms with Crippen molar-refractivity contribution in [3.05, 3.63) is 0 Å². The Balaban J connectivity index is 1.58. The molecule has 0 aromatic carbocycles. The standard InChI is InChI=1S/C28H54/c1-2-3-4-5-6-7-10-17-28(24-15-22-26-18-11-8-12-19-26)25-16-23-27-20-13-9-14-21-27/h26-28H,2-25H2,1H3. The molecule has 0 radical (unpaired) electrons. The van der Waals surface area contributed by atoms with Crippen LogP contribution in [-0.4, -0.2) is 0 Å². The van der Waals surface area contributed by atoms with Crippen LogP contribution in [-0.2, 0) is 0 Å². The molecule has 2 saturated carbocycles. The van der Waals surface area contributed by atoms with E-state index in [4.69, 9.17) is 0 Å². The Bertz CT molecular complexity index is 297. The van der Waals surface area contributed by atoms with Gasteiger partial charge in [0.05, 0.1) is 0 Å². The van der Waals surface area contributed by atoms with Crippen LogP contribution in [0.5, 0.6) is 0 Å². The van der Waals surface area contributed by atoms with Crippen LogP contribution in [0.2, 0.25) is 0 Å². The van der Waals surface area contributed by atoms with Crippen LogP contribution in [0.3, 0.4) is 0 Å². The Labute approximate surface area is 179 Å². The van der Waals surface area contributed by atoms with E-state index in [1.165, 1.54) is 96.3 Å². The smallest absolute Gasteiger partial charge is 0.0414 e. The van der Waals surface area contributed by atoms with E-state index in [0.717, 1.165) is 17.8 Å². The van der Waals surface area contributed by atoms with Gasteiger partial charge in [0.1, 0.15) is 0 Å². The van der Waals surface area contributed by atoms with Crippen molar-refractivity contribution >= 4 is 0 Å². The first-order chi connectivity index (χ1) is 13.9. The van der Waals surface area contributed by atoms with E-state index < -0.39 is 0 Å². The van der Waals surface area contributed by atoms with Crippen molar-refractivity contribution in [1.82, 2.24) is 0 Å². The zero-order chi connectivity index (χ0) is 19.7. The van der Waals surface area contributed by atoms with E-state index in [9.17, 15) is 0 Å². The average molecular weight is 391 g/mol. The molecule has 0 heterocycles. The van der Waals surface area contributed by atoms with E-state index in [0.29, 0.717) is 0 Å². The molecule has 2 rings (SSSR count). The maximum absolute atomic E-state index is 2.32. The summed E-state index contributed by atoms with van der Waals surface area (Å²) < 4.78 is 0. The third kappa shape index (κ3) is 11.9. The highest BCUT2D eigenvalue weighted by atomic mass is 14.2. The van der Waals surface area contributed by atoms with Crippen LogP contribution in [0.4, 0.5) is 0 Å². The third-order valence-corrected chi connectivity index (χ3v) is 8.11. The summed E-state index contributed by atoms with van der Waals surface area (Å²) in [7, 11) is 0. The van der Waals surface area contributed by atoms with Crippen molar-refractivity contribution in [2.75, 3.05) is 0 Å². The molecule has 0 saturated heterocycles. The molecule has 2 aliphatic rings. The minimum Gasteiger partial charge on any atom is -0.0654 e. The Kier molecular flexibility index (Phi) is 14.5. The highest BCUT2D eigenvalue weighted by Gasteiger charge is 2.17. The highest BCUT2D eigenvalue weighted by Crippen LogP contribution is 2.32. The lowest BCUT2D eigenvalue weighted by Crippen LogP contribution is -2.09. The van der Waals surface area contributed by atoms with Gasteiger partial charge in [0.15, 0.2) is 0 Å². The maximum atomic E-state index is 2.32. The molecule has 0 nitrogen and oxygen atoms in total. The molecule has 0 spiro atoms. The lowest BCUT2D eigenvalue weighted by atomic mass is 9.82. The summed E-state index contributed by atoms with van der Waals surface area (Å²) in [6.07, 6.45) is 36.4. The molecule has 0 heteroatoms. The molecule has 2 fully saturated rings. The van der Waals surface area contributed by atoms with Gasteiger partial charge >= 0.3 is 0 Å². The lowest BCUT2D eigenvalue weighted by molar-refractivity contribution is 0.289. The van der Waals surface area contributed by atoms with Crippen molar-refractivity contribution in [2.45, 2.75) is 161 Å². The first-order valence-corrected chi connectivity index (χ1v) is 13.9. The zero-order valence-electron chi connectivity index (χ0n) is 19.7. The SMILES string of the molecule is CCCCCCCCCC(CCCC1CCCCC1)CCCC1CCCCC1. The lowest BCUT2D eigenvalue weighted by Gasteiger charge is -2.24. The predicted molar refractivity (Wildman–Crippen MR) is 127 cm³/mol. The fourth-order valence-electron chi connectivity index (χ4n) is 6.17. The molecule has 0 bridgehead atoms. The summed E-state index contributed by atoms with van der Waals surface area (Å²) in [5.41, 5.74) is 0. The van der Waals surface area contributed by atoms with Crippen LogP contribution in [0.1, 0.15) is 161 Å². The first-order valence-electron chi connectivity index (χ1n) is 13.9. The van der Waals surface area contributed by atoms with Crippen LogP contribution in [0, 0.1) is 17.8 Å². The molecule has 0 aromatic heterocycles. The van der Waals surface area contributed by atoms with Gasteiger partial charge in [0.25, 0.3) is 0 Å². The minimum absolute atomic E-state index is 1.06. The van der Waals surface area contributed by atoms with Crippen LogP contribution in [0.25, 0.3) is 0 Å². The average Bonchev–Trinajstić information content (AvgIpc) is 2.74. The largest absolute Gasteiger partial charge is 0.0654 e. The topological polar surface area (TPSA) is 0 Å². The normalized spacial score (nSPS) is 19.5. The predicted octanol–water partition coefficient (Wildman–Crippen LogP) is 10.2. The Hall–Kier alpha value is 0. The first kappa shape index (κ1) is 24.3. The Morgan fingerprint density at radius 3 is 1.43 bits per heavy atom. The molecular formula is C28H54. The molecule has 0 amide bonds. The number of rotatable bonds is 16. The van der Waals surface area contributed by atoms with E-state index in [1.54, 1.807) is 57.8 Å². The fourth-order valence-corrected chi connectivity index (χ4v) is 6.17. The molecular weight excluding hydrogens is 336 g/mol. The number of hydrogen-bond donors (Lipinski definition) is 0. The number of unbranched alkanes of at least 4 members (excludes halogenated alkanes) is 6. The van der Waals surface area contributed by atoms with Gasteiger partial charge in [0.2, 0.25) is 0 Å². The van der Waals surface area contributed by atoms with E-state index in [1.807, 2.05) is 0 Å². The minimum atomic E-state index is 1.06. The molecule has 0 atom stereocenters. The summed E-state index contributed by atoms with van der Waals surface area (Å²) in [4.78, 5) is 0. The van der Waals surface area contributed by atoms with Gasteiger partial charge in [-0.1, -0.05) is 161 Å². The fraction of sp³-hybridized carbons (Fsp3) is 1.00. The second-order valence-corrected chi connectivity index (χ2v) is 10.6. The van der Waals surface area contributed by atoms with E-state index in [-0.39, 0.29) is 0 Å². The summed E-state index contributed by atoms with van der Waals surface area (Å²) in [6.45, 7) is 2.32. The van der Waals surface area contributed by atoms with Gasteiger partial charge in [-0.25, -0.2) is 0 Å². The number of hydrogen-bond acceptors (Lipinski definition) is 0. The van der Waals surface area contributed by atoms with Gasteiger partial charge in [-0.3, -0.25) is 0 Å². The summed E-state index contributed by atoms with van der Waals surface area (Å²) in [5, 5.41) is 0. The van der Waals surface area contributed by atoms with Gasteiger partial charge in [-0.15, -0.1) is 0 Å². The highest BCUT2D eigenvalue weighted by molar-refractivity contribution is 4.70. The molecule has 0 aromatic rings. The van der Waals surface area contributed by atoms with Crippen molar-refractivity contribution in [2.24, 2.45) is 17.8 Å². The van der Waals surface area contributed by atoms with Crippen LogP contribution in [0.15, 0.2) is 0 Å². The Morgan fingerprint density at radius 1 is 0.500 bits per heavy atom. The molecule has 0 aliphatic heterocycles. The molecule has 0 unspecified atom stereocenters. The quantitative estimate of drug-likeness (QED) is 0.230. The van der Waals surface area contributed by atoms with Crippen molar-refractivity contribution in [3.63, 3.8) is 0 Å². The molecule has 2 aliphatic carbocycles. The van der Waals surface area contributed by atoms with Gasteiger partial charge in [0, 0.05) is 0 Å². The second-order valence-electron chi connectivity index (χ2n) is 10.6. The van der Waals surface area contributed by atoms with Crippen molar-refractivity contribution in [1.29, 1.82) is 0 Å². The summed E-state index contributed by atoms with van der Waals surface area (Å²) in [5.74, 6) is 3.24. The molecule has 166 valence electrons. The third-order valence-electron chi connectivity index (χ3n) is 8.11. The summed E-state index contributed by atoms with van der Waals surface area (Å²) >= 11 is 0. The van der Waals surface area contributed by atoms with Gasteiger partial charge in [-0.05, 0) is 17.8 Å². The summed E-state index contributed by atoms with van der Waals surface area (Å²) in [6, 6.07) is 0. The zero-order valence-corrected chi connectivity index (χ0v) is 19.7. The van der Waals surface area contributed by atoms with Crippen molar-refractivity contribution < 1.29 is 0 Å². The maximum Gasteiger partial charge on any atom is -0.0414 e. The Morgan fingerprint density at radius 2 is 0.929 bits per heavy atom. The van der Waals surface area contributed by atoms with E-state index >= 15 is 0 Å². The van der Waals surface area contributed by atoms with Gasteiger partial charge < -0.3 is 0 Å². The van der Waals surface area contributed by atoms with Crippen molar-refractivity contribution in [3.8, 4) is 0 Å². The molecule has 28 heavy (non-hydrogen) atoms. The second kappa shape index (κ2) is 16.8. The monoisotopic (exact) mass is 390 g/mol. The van der Waals surface area contributed by atoms with Crippen LogP contribution < -0.4 is 0 Å². The van der Waals surface area contributed by atoms with Crippen LogP contribution >= 0.6 is 0 Å².